The van der Waals surface area contributed by atoms with Crippen LogP contribution in [0.4, 0.5) is 23.0 Å². The summed E-state index contributed by atoms with van der Waals surface area (Å²) in [6.07, 6.45) is 7.02. The highest BCUT2D eigenvalue weighted by molar-refractivity contribution is 6.31. The normalized spacial score (nSPS) is 10.8. The van der Waals surface area contributed by atoms with Gasteiger partial charge in [-0.05, 0) is 72.8 Å². The Bertz CT molecular complexity index is 2470. The van der Waals surface area contributed by atoms with Gasteiger partial charge in [-0.2, -0.15) is 0 Å². The molecule has 13 heteroatoms. The van der Waals surface area contributed by atoms with Gasteiger partial charge in [-0.3, -0.25) is 20.2 Å². The molecule has 0 aliphatic carbocycles. The number of hydrazine groups is 1. The molecule has 0 saturated carbocycles. The Morgan fingerprint density at radius 3 is 1.60 bits per heavy atom. The van der Waals surface area contributed by atoms with Crippen LogP contribution in [0.15, 0.2) is 122 Å². The number of nitrogen functional groups attached to an aromatic ring is 1. The lowest BCUT2D eigenvalue weighted by molar-refractivity contribution is 0.0600. The second kappa shape index (κ2) is 14.8. The number of nitrogens with two attached hydrogens (primary N) is 1. The average Bonchev–Trinajstić information content (AvgIpc) is 3.17. The van der Waals surface area contributed by atoms with Crippen molar-refractivity contribution in [2.75, 3.05) is 17.7 Å². The van der Waals surface area contributed by atoms with Crippen LogP contribution in [0.3, 0.4) is 0 Å². The molecule has 0 spiro atoms. The molecule has 1 amide bonds. The van der Waals surface area contributed by atoms with Gasteiger partial charge in [0.25, 0.3) is 5.91 Å². The minimum absolute atomic E-state index is 0.371. The Hall–Kier alpha value is -6.40. The zero-order valence-corrected chi connectivity index (χ0v) is 28.9. The monoisotopic (exact) mass is 726 g/mol. The smallest absolute Gasteiger partial charge is 0.337 e. The molecule has 4 heterocycles. The number of amides is 1. The zero-order chi connectivity index (χ0) is 36.2. The molecular weight excluding hydrogens is 699 g/mol. The fraction of sp³-hybridized carbons (Fsp3) is 0.0256. The van der Waals surface area contributed by atoms with E-state index in [4.69, 9.17) is 43.7 Å². The predicted octanol–water partition coefficient (Wildman–Crippen LogP) is 8.75. The first-order valence-corrected chi connectivity index (χ1v) is 16.6. The highest BCUT2D eigenvalue weighted by Gasteiger charge is 2.14. The Labute approximate surface area is 306 Å². The number of carbonyl (C=O) groups excluding carboxylic acids is 2. The third-order valence-electron chi connectivity index (χ3n) is 8.18. The van der Waals surface area contributed by atoms with Crippen LogP contribution in [0.1, 0.15) is 20.7 Å². The van der Waals surface area contributed by atoms with Crippen LogP contribution in [0, 0.1) is 0 Å². The van der Waals surface area contributed by atoms with Gasteiger partial charge < -0.3 is 15.4 Å². The third kappa shape index (κ3) is 7.10. The van der Waals surface area contributed by atoms with Gasteiger partial charge in [0.1, 0.15) is 11.6 Å². The first-order valence-electron chi connectivity index (χ1n) is 15.8. The summed E-state index contributed by atoms with van der Waals surface area (Å²) in [5.74, 6) is 5.78. The van der Waals surface area contributed by atoms with E-state index in [1.165, 1.54) is 7.11 Å². The molecule has 52 heavy (non-hydrogen) atoms. The molecule has 0 aliphatic heterocycles. The van der Waals surface area contributed by atoms with Crippen molar-refractivity contribution >= 4 is 101 Å². The number of carbonyl (C=O) groups is 2. The second-order valence-electron chi connectivity index (χ2n) is 11.5. The maximum Gasteiger partial charge on any atom is 0.337 e. The summed E-state index contributed by atoms with van der Waals surface area (Å²) in [5, 5.41) is 13.4. The molecule has 8 aromatic rings. The fourth-order valence-corrected chi connectivity index (χ4v) is 6.14. The molecular formula is C39H28Cl2N8O3. The quantitative estimate of drug-likeness (QED) is 0.0429. The molecule has 256 valence electrons. The minimum Gasteiger partial charge on any atom is -0.465 e. The Morgan fingerprint density at radius 1 is 0.615 bits per heavy atom. The summed E-state index contributed by atoms with van der Waals surface area (Å²) in [7, 11) is 1.36. The molecule has 0 fully saturated rings. The van der Waals surface area contributed by atoms with Gasteiger partial charge in [0.15, 0.2) is 0 Å². The number of nitrogens with zero attached hydrogens (tertiary/aromatic N) is 4. The van der Waals surface area contributed by atoms with Crippen molar-refractivity contribution in [2.45, 2.75) is 0 Å². The van der Waals surface area contributed by atoms with Gasteiger partial charge >= 0.3 is 5.97 Å². The van der Waals surface area contributed by atoms with Gasteiger partial charge in [0, 0.05) is 84.1 Å². The van der Waals surface area contributed by atoms with Gasteiger partial charge in [0.2, 0.25) is 0 Å². The number of nitrogens with one attached hydrogen (secondary N) is 3. The molecule has 0 saturated heterocycles. The molecule has 8 rings (SSSR count). The first-order chi connectivity index (χ1) is 25.3. The van der Waals surface area contributed by atoms with E-state index in [0.29, 0.717) is 43.8 Å². The number of aromatic nitrogens is 4. The van der Waals surface area contributed by atoms with E-state index >= 15 is 0 Å². The van der Waals surface area contributed by atoms with E-state index in [1.54, 1.807) is 55.1 Å². The molecule has 4 aromatic carbocycles. The summed E-state index contributed by atoms with van der Waals surface area (Å²) in [6.45, 7) is 0. The van der Waals surface area contributed by atoms with Crippen LogP contribution >= 0.6 is 23.2 Å². The second-order valence-corrected chi connectivity index (χ2v) is 12.3. The van der Waals surface area contributed by atoms with Crippen LogP contribution in [-0.2, 0) is 4.74 Å². The number of hydrogen-bond acceptors (Lipinski definition) is 10. The van der Waals surface area contributed by atoms with E-state index in [1.807, 2.05) is 66.7 Å². The Balaban J connectivity index is 0.000000162. The third-order valence-corrected chi connectivity index (χ3v) is 8.65. The summed E-state index contributed by atoms with van der Waals surface area (Å²) >= 11 is 12.1. The zero-order valence-electron chi connectivity index (χ0n) is 27.4. The molecule has 4 aromatic heterocycles. The predicted molar refractivity (Wildman–Crippen MR) is 207 cm³/mol. The summed E-state index contributed by atoms with van der Waals surface area (Å²) in [5.41, 5.74) is 6.00. The van der Waals surface area contributed by atoms with E-state index in [9.17, 15) is 9.59 Å². The largest absolute Gasteiger partial charge is 0.465 e. The van der Waals surface area contributed by atoms with Crippen LogP contribution in [-0.4, -0.2) is 38.9 Å². The molecule has 0 unspecified atom stereocenters. The lowest BCUT2D eigenvalue weighted by Crippen LogP contribution is -2.29. The summed E-state index contributed by atoms with van der Waals surface area (Å²) in [4.78, 5) is 41.5. The number of rotatable bonds is 6. The molecule has 0 bridgehead atoms. The molecule has 0 atom stereocenters. The Kier molecular flexibility index (Phi) is 9.72. The molecule has 0 aliphatic rings. The maximum atomic E-state index is 11.8. The van der Waals surface area contributed by atoms with Gasteiger partial charge in [-0.15, -0.1) is 0 Å². The molecule has 5 N–H and O–H groups in total. The number of hydrogen-bond donors (Lipinski definition) is 4. The van der Waals surface area contributed by atoms with Crippen molar-refractivity contribution in [1.82, 2.24) is 25.4 Å². The lowest BCUT2D eigenvalue weighted by Gasteiger charge is -2.12. The van der Waals surface area contributed by atoms with Crippen LogP contribution in [0.2, 0.25) is 10.0 Å². The minimum atomic E-state index is -0.399. The van der Waals surface area contributed by atoms with E-state index in [0.717, 1.165) is 43.7 Å². The number of anilines is 4. The highest BCUT2D eigenvalue weighted by Crippen LogP contribution is 2.33. The number of benzene rings is 4. The van der Waals surface area contributed by atoms with Crippen LogP contribution in [0.25, 0.3) is 43.4 Å². The van der Waals surface area contributed by atoms with Crippen molar-refractivity contribution in [3.63, 3.8) is 0 Å². The average molecular weight is 728 g/mol. The number of pyridine rings is 4. The standard InChI is InChI=1S/C20H14ClN3O2.C19H14ClN5O/c1-26-20(25)12-5-6-15-17-11-22-8-7-16(17)19(24-18(15)9-12)23-14-4-2-3-13(21)10-14;20-12-2-1-3-13(9-12)23-18-15-6-7-22-10-16(15)14-5-4-11(19(26)25-21)8-17(14)24-18/h2-11H,1H3,(H,23,24);1-10H,21H2,(H,23,24)(H,25,26). The van der Waals surface area contributed by atoms with Crippen LogP contribution in [0.5, 0.6) is 0 Å². The van der Waals surface area contributed by atoms with Crippen molar-refractivity contribution in [3.05, 3.63) is 143 Å². The number of methoxy groups -OCH3 is 1. The van der Waals surface area contributed by atoms with Crippen molar-refractivity contribution in [3.8, 4) is 0 Å². The van der Waals surface area contributed by atoms with Crippen molar-refractivity contribution in [1.29, 1.82) is 0 Å². The number of halogens is 2. The van der Waals surface area contributed by atoms with E-state index in [2.05, 4.69) is 26.0 Å². The maximum absolute atomic E-state index is 11.8. The van der Waals surface area contributed by atoms with Gasteiger partial charge in [0.05, 0.1) is 23.7 Å². The topological polar surface area (TPSA) is 157 Å². The fourth-order valence-electron chi connectivity index (χ4n) is 5.76. The number of ether oxygens (including phenoxy) is 1. The molecule has 0 radical (unpaired) electrons. The van der Waals surface area contributed by atoms with Crippen LogP contribution < -0.4 is 21.9 Å². The SMILES string of the molecule is COC(=O)c1ccc2c(c1)nc(Nc1cccc(Cl)c1)c1ccncc12.NNC(=O)c1ccc2c(c1)nc(Nc1cccc(Cl)c1)c1ccncc12. The lowest BCUT2D eigenvalue weighted by atomic mass is 10.1. The molecule has 11 nitrogen and oxygen atoms in total. The van der Waals surface area contributed by atoms with Crippen molar-refractivity contribution < 1.29 is 14.3 Å². The highest BCUT2D eigenvalue weighted by atomic mass is 35.5. The number of esters is 1. The summed E-state index contributed by atoms with van der Waals surface area (Å²) < 4.78 is 4.80. The van der Waals surface area contributed by atoms with E-state index in [-0.39, 0.29) is 5.91 Å². The number of fused-ring (bicyclic) bond motifs is 6. The van der Waals surface area contributed by atoms with Crippen molar-refractivity contribution in [2.24, 2.45) is 5.84 Å². The van der Waals surface area contributed by atoms with Gasteiger partial charge in [-0.25, -0.2) is 20.6 Å². The first kappa shape index (κ1) is 34.1. The Morgan fingerprint density at radius 2 is 1.12 bits per heavy atom. The summed E-state index contributed by atoms with van der Waals surface area (Å²) in [6, 6.07) is 29.2. The van der Waals surface area contributed by atoms with E-state index < -0.39 is 5.97 Å². The van der Waals surface area contributed by atoms with Gasteiger partial charge in [-0.1, -0.05) is 47.5 Å².